The van der Waals surface area contributed by atoms with E-state index >= 15 is 0 Å². The molecule has 0 bridgehead atoms. The van der Waals surface area contributed by atoms with Crippen LogP contribution in [0.25, 0.3) is 11.1 Å². The quantitative estimate of drug-likeness (QED) is 0.342. The van der Waals surface area contributed by atoms with Gasteiger partial charge in [-0.05, 0) is 84.5 Å². The lowest BCUT2D eigenvalue weighted by molar-refractivity contribution is -0.274. The van der Waals surface area contributed by atoms with Gasteiger partial charge in [0.05, 0.1) is 9.31 Å². The number of alkyl halides is 3. The Morgan fingerprint density at radius 1 is 1.13 bits per heavy atom. The van der Waals surface area contributed by atoms with Gasteiger partial charge in [-0.1, -0.05) is 50.3 Å². The Hall–Kier alpha value is -1.80. The van der Waals surface area contributed by atoms with E-state index in [1.54, 1.807) is 12.1 Å². The highest BCUT2D eigenvalue weighted by atomic mass is 79.9. The van der Waals surface area contributed by atoms with E-state index in [1.165, 1.54) is 12.1 Å². The van der Waals surface area contributed by atoms with Crippen LogP contribution in [0, 0.1) is 24.2 Å². The van der Waals surface area contributed by atoms with Crippen molar-refractivity contribution in [1.82, 2.24) is 0 Å². The molecule has 3 nitrogen and oxygen atoms in total. The SMILES string of the molecule is Cc1c(COC(=O)C2C(C=C(Br)Br)C2(C)C)cccc1-c1ccc(OC(F)(F)F)cc1. The summed E-state index contributed by atoms with van der Waals surface area (Å²) in [7, 11) is 0. The zero-order chi connectivity index (χ0) is 23.0. The molecule has 0 spiro atoms. The first kappa shape index (κ1) is 23.9. The first-order valence-corrected chi connectivity index (χ1v) is 11.1. The number of rotatable bonds is 6. The molecule has 2 aromatic rings. The molecule has 0 aliphatic heterocycles. The Morgan fingerprint density at radius 2 is 1.77 bits per heavy atom. The van der Waals surface area contributed by atoms with E-state index in [0.717, 1.165) is 25.6 Å². The minimum Gasteiger partial charge on any atom is -0.461 e. The second-order valence-corrected chi connectivity index (χ2v) is 10.8. The van der Waals surface area contributed by atoms with E-state index < -0.39 is 6.36 Å². The Kier molecular flexibility index (Phi) is 6.91. The monoisotopic (exact) mass is 560 g/mol. The van der Waals surface area contributed by atoms with Crippen LogP contribution in [-0.2, 0) is 16.1 Å². The van der Waals surface area contributed by atoms with Crippen molar-refractivity contribution < 1.29 is 27.4 Å². The second kappa shape index (κ2) is 8.98. The predicted molar refractivity (Wildman–Crippen MR) is 120 cm³/mol. The van der Waals surface area contributed by atoms with Crippen molar-refractivity contribution in [3.8, 4) is 16.9 Å². The number of ether oxygens (including phenoxy) is 2. The third kappa shape index (κ3) is 5.71. The molecule has 2 atom stereocenters. The van der Waals surface area contributed by atoms with E-state index in [4.69, 9.17) is 4.74 Å². The maximum Gasteiger partial charge on any atom is 0.573 e. The molecule has 1 fully saturated rings. The van der Waals surface area contributed by atoms with Crippen molar-refractivity contribution in [3.05, 3.63) is 63.1 Å². The van der Waals surface area contributed by atoms with Crippen LogP contribution in [0.3, 0.4) is 0 Å². The van der Waals surface area contributed by atoms with Gasteiger partial charge in [0.15, 0.2) is 0 Å². The highest BCUT2D eigenvalue weighted by Crippen LogP contribution is 2.60. The Balaban J connectivity index is 1.70. The topological polar surface area (TPSA) is 35.5 Å². The van der Waals surface area contributed by atoms with Gasteiger partial charge >= 0.3 is 12.3 Å². The summed E-state index contributed by atoms with van der Waals surface area (Å²) < 4.78 is 47.4. The lowest BCUT2D eigenvalue weighted by atomic mass is 9.97. The zero-order valence-corrected chi connectivity index (χ0v) is 20.3. The summed E-state index contributed by atoms with van der Waals surface area (Å²) >= 11 is 6.68. The number of esters is 1. The maximum absolute atomic E-state index is 12.6. The average Bonchev–Trinajstić information content (AvgIpc) is 3.19. The van der Waals surface area contributed by atoms with Crippen molar-refractivity contribution in [2.24, 2.45) is 17.3 Å². The third-order valence-corrected chi connectivity index (χ3v) is 6.21. The standard InChI is InChI=1S/C23H21Br2F3O3/c1-13-15(12-30-21(29)20-18(11-19(24)25)22(20,2)3)5-4-6-17(13)14-7-9-16(10-8-14)31-23(26,27)28/h4-11,18,20H,12H2,1-3H3. The Labute approximate surface area is 195 Å². The largest absolute Gasteiger partial charge is 0.573 e. The molecule has 1 aliphatic rings. The predicted octanol–water partition coefficient (Wildman–Crippen LogP) is 7.51. The summed E-state index contributed by atoms with van der Waals surface area (Å²) in [5.74, 6) is -0.628. The third-order valence-electron chi connectivity index (χ3n) is 5.68. The van der Waals surface area contributed by atoms with Gasteiger partial charge in [-0.25, -0.2) is 0 Å². The van der Waals surface area contributed by atoms with Crippen LogP contribution in [0.2, 0.25) is 0 Å². The molecule has 2 unspecified atom stereocenters. The first-order chi connectivity index (χ1) is 14.4. The zero-order valence-electron chi connectivity index (χ0n) is 17.1. The van der Waals surface area contributed by atoms with Crippen LogP contribution in [0.5, 0.6) is 5.75 Å². The molecular formula is C23H21Br2F3O3. The van der Waals surface area contributed by atoms with E-state index in [2.05, 4.69) is 36.6 Å². The number of carbonyl (C=O) groups is 1. The van der Waals surface area contributed by atoms with Crippen molar-refractivity contribution in [3.63, 3.8) is 0 Å². The molecule has 2 aromatic carbocycles. The summed E-state index contributed by atoms with van der Waals surface area (Å²) in [6.07, 6.45) is -2.76. The van der Waals surface area contributed by atoms with Gasteiger partial charge < -0.3 is 9.47 Å². The molecule has 166 valence electrons. The highest BCUT2D eigenvalue weighted by Gasteiger charge is 2.61. The van der Waals surface area contributed by atoms with Crippen molar-refractivity contribution in [1.29, 1.82) is 0 Å². The lowest BCUT2D eigenvalue weighted by Gasteiger charge is -2.13. The molecule has 1 aliphatic carbocycles. The van der Waals surface area contributed by atoms with Gasteiger partial charge in [0.25, 0.3) is 0 Å². The summed E-state index contributed by atoms with van der Waals surface area (Å²) in [6, 6.07) is 11.3. The highest BCUT2D eigenvalue weighted by molar-refractivity contribution is 9.28. The van der Waals surface area contributed by atoms with Crippen molar-refractivity contribution in [2.45, 2.75) is 33.7 Å². The van der Waals surface area contributed by atoms with Crippen LogP contribution in [-0.4, -0.2) is 12.3 Å². The normalized spacial score (nSPS) is 19.5. The molecule has 0 saturated heterocycles. The molecule has 31 heavy (non-hydrogen) atoms. The number of hydrogen-bond donors (Lipinski definition) is 0. The van der Waals surface area contributed by atoms with Crippen LogP contribution >= 0.6 is 31.9 Å². The van der Waals surface area contributed by atoms with Gasteiger partial charge in [-0.3, -0.25) is 4.79 Å². The molecule has 0 N–H and O–H groups in total. The van der Waals surface area contributed by atoms with Crippen molar-refractivity contribution in [2.75, 3.05) is 0 Å². The summed E-state index contributed by atoms with van der Waals surface area (Å²) in [4.78, 5) is 12.6. The molecule has 8 heteroatoms. The van der Waals surface area contributed by atoms with Crippen molar-refractivity contribution >= 4 is 37.8 Å². The van der Waals surface area contributed by atoms with E-state index in [0.29, 0.717) is 0 Å². The lowest BCUT2D eigenvalue weighted by Crippen LogP contribution is -2.16. The molecule has 0 radical (unpaired) electrons. The van der Waals surface area contributed by atoms with Gasteiger partial charge in [0.1, 0.15) is 12.4 Å². The second-order valence-electron chi connectivity index (χ2n) is 8.05. The van der Waals surface area contributed by atoms with Crippen LogP contribution in [0.1, 0.15) is 25.0 Å². The fourth-order valence-corrected chi connectivity index (χ4v) is 4.37. The summed E-state index contributed by atoms with van der Waals surface area (Å²) in [5, 5.41) is 0. The number of allylic oxidation sites excluding steroid dienone is 1. The molecular weight excluding hydrogens is 541 g/mol. The Morgan fingerprint density at radius 3 is 2.35 bits per heavy atom. The fraction of sp³-hybridized carbons (Fsp3) is 0.348. The molecule has 3 rings (SSSR count). The average molecular weight is 562 g/mol. The Bertz CT molecular complexity index is 994. The maximum atomic E-state index is 12.6. The van der Waals surface area contributed by atoms with E-state index in [9.17, 15) is 18.0 Å². The number of halogens is 5. The first-order valence-electron chi connectivity index (χ1n) is 9.54. The van der Waals surface area contributed by atoms with Gasteiger partial charge in [0, 0.05) is 0 Å². The van der Waals surface area contributed by atoms with Crippen LogP contribution in [0.15, 0.2) is 51.9 Å². The van der Waals surface area contributed by atoms with Crippen LogP contribution in [0.4, 0.5) is 13.2 Å². The molecule has 0 heterocycles. The number of benzene rings is 2. The van der Waals surface area contributed by atoms with Gasteiger partial charge in [0.2, 0.25) is 0 Å². The molecule has 1 saturated carbocycles. The summed E-state index contributed by atoms with van der Waals surface area (Å²) in [6.45, 7) is 6.08. The summed E-state index contributed by atoms with van der Waals surface area (Å²) in [5.41, 5.74) is 3.17. The van der Waals surface area contributed by atoms with Gasteiger partial charge in [-0.2, -0.15) is 0 Å². The molecule has 0 aromatic heterocycles. The molecule has 0 amide bonds. The van der Waals surface area contributed by atoms with E-state index in [-0.39, 0.29) is 35.6 Å². The van der Waals surface area contributed by atoms with Gasteiger partial charge in [-0.15, -0.1) is 13.2 Å². The minimum absolute atomic E-state index is 0.0959. The number of carbonyl (C=O) groups excluding carboxylic acids is 1. The smallest absolute Gasteiger partial charge is 0.461 e. The number of hydrogen-bond acceptors (Lipinski definition) is 3. The van der Waals surface area contributed by atoms with Crippen LogP contribution < -0.4 is 4.74 Å². The fourth-order valence-electron chi connectivity index (χ4n) is 3.80. The van der Waals surface area contributed by atoms with E-state index in [1.807, 2.05) is 45.0 Å². The minimum atomic E-state index is -4.73.